The van der Waals surface area contributed by atoms with Crippen LogP contribution in [0, 0.1) is 0 Å². The number of rotatable bonds is 6. The zero-order valence-corrected chi connectivity index (χ0v) is 19.3. The third kappa shape index (κ3) is 6.02. The van der Waals surface area contributed by atoms with Crippen molar-refractivity contribution in [2.45, 2.75) is 32.4 Å². The predicted molar refractivity (Wildman–Crippen MR) is 128 cm³/mol. The number of anilines is 1. The summed E-state index contributed by atoms with van der Waals surface area (Å²) in [5, 5.41) is 6.87. The van der Waals surface area contributed by atoms with Crippen molar-refractivity contribution in [3.05, 3.63) is 59.7 Å². The number of hydrogen-bond acceptors (Lipinski definition) is 3. The van der Waals surface area contributed by atoms with Gasteiger partial charge in [-0.15, -0.1) is 24.0 Å². The minimum absolute atomic E-state index is 0. The highest BCUT2D eigenvalue weighted by Gasteiger charge is 2.14. The average molecular weight is 494 g/mol. The van der Waals surface area contributed by atoms with Gasteiger partial charge in [0.2, 0.25) is 0 Å². The molecule has 1 atom stereocenters. The quantitative estimate of drug-likeness (QED) is 0.357. The Labute approximate surface area is 185 Å². The third-order valence-corrected chi connectivity index (χ3v) is 5.01. The lowest BCUT2D eigenvalue weighted by Gasteiger charge is -2.22. The molecule has 1 aliphatic rings. The first kappa shape index (κ1) is 22.3. The fourth-order valence-electron chi connectivity index (χ4n) is 3.42. The Kier molecular flexibility index (Phi) is 8.89. The van der Waals surface area contributed by atoms with Crippen molar-refractivity contribution in [1.82, 2.24) is 10.6 Å². The average Bonchev–Trinajstić information content (AvgIpc) is 3.26. The van der Waals surface area contributed by atoms with Crippen molar-refractivity contribution in [3.8, 4) is 5.75 Å². The molecule has 2 aromatic rings. The minimum Gasteiger partial charge on any atom is -0.497 e. The maximum Gasteiger partial charge on any atom is 0.191 e. The van der Waals surface area contributed by atoms with Crippen molar-refractivity contribution < 1.29 is 4.74 Å². The molecule has 1 aliphatic heterocycles. The van der Waals surface area contributed by atoms with Crippen LogP contribution in [0.1, 0.15) is 36.9 Å². The van der Waals surface area contributed by atoms with Crippen LogP contribution in [0.4, 0.5) is 5.69 Å². The Morgan fingerprint density at radius 3 is 2.61 bits per heavy atom. The number of methoxy groups -OCH3 is 1. The molecular weight excluding hydrogens is 463 g/mol. The van der Waals surface area contributed by atoms with Crippen molar-refractivity contribution >= 4 is 35.6 Å². The molecule has 5 nitrogen and oxygen atoms in total. The fraction of sp³-hybridized carbons (Fsp3) is 0.409. The van der Waals surface area contributed by atoms with Gasteiger partial charge in [-0.05, 0) is 55.2 Å². The minimum atomic E-state index is 0. The Morgan fingerprint density at radius 1 is 1.14 bits per heavy atom. The maximum absolute atomic E-state index is 5.29. The molecule has 0 radical (unpaired) electrons. The molecule has 1 unspecified atom stereocenters. The molecule has 0 bridgehead atoms. The normalized spacial score (nSPS) is 15.0. The molecule has 28 heavy (non-hydrogen) atoms. The molecule has 0 aromatic heterocycles. The van der Waals surface area contributed by atoms with Gasteiger partial charge < -0.3 is 20.3 Å². The van der Waals surface area contributed by atoms with Crippen LogP contribution in [0.15, 0.2) is 53.5 Å². The number of ether oxygens (including phenoxy) is 1. The first-order valence-electron chi connectivity index (χ1n) is 9.64. The zero-order chi connectivity index (χ0) is 19.1. The van der Waals surface area contributed by atoms with E-state index in [0.29, 0.717) is 6.54 Å². The van der Waals surface area contributed by atoms with Gasteiger partial charge >= 0.3 is 0 Å². The lowest BCUT2D eigenvalue weighted by Crippen LogP contribution is -2.38. The molecule has 6 heteroatoms. The van der Waals surface area contributed by atoms with E-state index in [9.17, 15) is 0 Å². The van der Waals surface area contributed by atoms with E-state index < -0.39 is 0 Å². The van der Waals surface area contributed by atoms with Crippen molar-refractivity contribution in [2.24, 2.45) is 4.99 Å². The van der Waals surface area contributed by atoms with Gasteiger partial charge in [0.1, 0.15) is 5.75 Å². The van der Waals surface area contributed by atoms with E-state index in [2.05, 4.69) is 57.8 Å². The highest BCUT2D eigenvalue weighted by Crippen LogP contribution is 2.24. The summed E-state index contributed by atoms with van der Waals surface area (Å²) in [5.74, 6) is 1.65. The van der Waals surface area contributed by atoms with E-state index in [1.54, 1.807) is 14.2 Å². The number of hydrogen-bond donors (Lipinski definition) is 2. The predicted octanol–water partition coefficient (Wildman–Crippen LogP) is 4.34. The fourth-order valence-corrected chi connectivity index (χ4v) is 3.42. The second-order valence-corrected chi connectivity index (χ2v) is 6.93. The topological polar surface area (TPSA) is 48.9 Å². The number of nitrogens with zero attached hydrogens (tertiary/aromatic N) is 2. The summed E-state index contributed by atoms with van der Waals surface area (Å²) in [7, 11) is 3.49. The van der Waals surface area contributed by atoms with Crippen LogP contribution < -0.4 is 20.3 Å². The van der Waals surface area contributed by atoms with Crippen LogP contribution in [0.3, 0.4) is 0 Å². The molecule has 0 amide bonds. The summed E-state index contributed by atoms with van der Waals surface area (Å²) in [6, 6.07) is 17.0. The molecule has 1 heterocycles. The molecule has 3 rings (SSSR count). The molecule has 152 valence electrons. The van der Waals surface area contributed by atoms with Gasteiger partial charge in [0, 0.05) is 32.4 Å². The number of benzene rings is 2. The first-order valence-corrected chi connectivity index (χ1v) is 9.64. The second-order valence-electron chi connectivity index (χ2n) is 6.93. The van der Waals surface area contributed by atoms with Gasteiger partial charge in [0.05, 0.1) is 13.2 Å². The molecule has 0 aliphatic carbocycles. The summed E-state index contributed by atoms with van der Waals surface area (Å²) in [4.78, 5) is 6.83. The van der Waals surface area contributed by atoms with Gasteiger partial charge in [-0.2, -0.15) is 0 Å². The van der Waals surface area contributed by atoms with Gasteiger partial charge in [-0.3, -0.25) is 4.99 Å². The molecular formula is C22H31IN4O. The van der Waals surface area contributed by atoms with E-state index in [0.717, 1.165) is 30.4 Å². The Balaban J connectivity index is 0.00000280. The van der Waals surface area contributed by atoms with E-state index >= 15 is 0 Å². The van der Waals surface area contributed by atoms with Crippen LogP contribution in [0.2, 0.25) is 0 Å². The van der Waals surface area contributed by atoms with Crippen LogP contribution in [0.5, 0.6) is 5.75 Å². The van der Waals surface area contributed by atoms with Crippen LogP contribution in [-0.4, -0.2) is 33.2 Å². The first-order chi connectivity index (χ1) is 13.2. The Morgan fingerprint density at radius 2 is 1.89 bits per heavy atom. The summed E-state index contributed by atoms with van der Waals surface area (Å²) >= 11 is 0. The number of aliphatic imine (C=N–C) groups is 1. The van der Waals surface area contributed by atoms with Crippen LogP contribution in [-0.2, 0) is 6.54 Å². The molecule has 2 N–H and O–H groups in total. The van der Waals surface area contributed by atoms with Crippen LogP contribution in [0.25, 0.3) is 0 Å². The lowest BCUT2D eigenvalue weighted by atomic mass is 10.1. The van der Waals surface area contributed by atoms with Gasteiger partial charge in [0.15, 0.2) is 5.96 Å². The van der Waals surface area contributed by atoms with E-state index in [4.69, 9.17) is 4.74 Å². The van der Waals surface area contributed by atoms with Gasteiger partial charge in [-0.25, -0.2) is 0 Å². The summed E-state index contributed by atoms with van der Waals surface area (Å²) in [5.41, 5.74) is 3.74. The van der Waals surface area contributed by atoms with E-state index in [1.807, 2.05) is 18.2 Å². The van der Waals surface area contributed by atoms with Crippen molar-refractivity contribution in [1.29, 1.82) is 0 Å². The molecule has 0 saturated carbocycles. The smallest absolute Gasteiger partial charge is 0.191 e. The van der Waals surface area contributed by atoms with Crippen LogP contribution >= 0.6 is 24.0 Å². The largest absolute Gasteiger partial charge is 0.497 e. The summed E-state index contributed by atoms with van der Waals surface area (Å²) < 4.78 is 5.29. The Bertz CT molecular complexity index is 775. The monoisotopic (exact) mass is 494 g/mol. The molecule has 1 fully saturated rings. The number of nitrogens with one attached hydrogen (secondary N) is 2. The highest BCUT2D eigenvalue weighted by molar-refractivity contribution is 14.0. The van der Waals surface area contributed by atoms with E-state index in [-0.39, 0.29) is 30.0 Å². The standard InChI is InChI=1S/C22H30N4O.HI/c1-17(19-9-7-10-20(15-19)26-12-4-5-13-26)25-22(23-2)24-16-18-8-6-11-21(14-18)27-3;/h6-11,14-15,17H,4-5,12-13,16H2,1-3H3,(H2,23,24,25);1H. The molecule has 0 spiro atoms. The second kappa shape index (κ2) is 11.1. The summed E-state index contributed by atoms with van der Waals surface area (Å²) in [6.45, 7) is 5.18. The Hall–Kier alpha value is -1.96. The van der Waals surface area contributed by atoms with Crippen molar-refractivity contribution in [2.75, 3.05) is 32.1 Å². The molecule has 2 aromatic carbocycles. The van der Waals surface area contributed by atoms with Crippen molar-refractivity contribution in [3.63, 3.8) is 0 Å². The lowest BCUT2D eigenvalue weighted by molar-refractivity contribution is 0.414. The maximum atomic E-state index is 5.29. The third-order valence-electron chi connectivity index (χ3n) is 5.01. The zero-order valence-electron chi connectivity index (χ0n) is 16.9. The molecule has 1 saturated heterocycles. The van der Waals surface area contributed by atoms with E-state index in [1.165, 1.54) is 24.1 Å². The number of halogens is 1. The van der Waals surface area contributed by atoms with Gasteiger partial charge in [0.25, 0.3) is 0 Å². The number of guanidine groups is 1. The summed E-state index contributed by atoms with van der Waals surface area (Å²) in [6.07, 6.45) is 2.58. The highest BCUT2D eigenvalue weighted by atomic mass is 127. The van der Waals surface area contributed by atoms with Gasteiger partial charge in [-0.1, -0.05) is 24.3 Å². The SMILES string of the molecule is CN=C(NCc1cccc(OC)c1)NC(C)c1cccc(N2CCCC2)c1.I.